The van der Waals surface area contributed by atoms with Crippen LogP contribution in [0, 0.1) is 5.82 Å². The molecule has 33 heavy (non-hydrogen) atoms. The predicted molar refractivity (Wildman–Crippen MR) is 124 cm³/mol. The van der Waals surface area contributed by atoms with Crippen LogP contribution in [0.3, 0.4) is 0 Å². The van der Waals surface area contributed by atoms with Gasteiger partial charge in [0, 0.05) is 32.2 Å². The molecular weight excluding hydrogens is 425 g/mol. The first-order valence-electron chi connectivity index (χ1n) is 11.2. The van der Waals surface area contributed by atoms with Crippen molar-refractivity contribution in [2.45, 2.75) is 13.8 Å². The minimum absolute atomic E-state index is 0.288. The number of rotatable bonds is 7. The molecule has 1 fully saturated rings. The highest BCUT2D eigenvalue weighted by Gasteiger charge is 2.43. The van der Waals surface area contributed by atoms with Gasteiger partial charge in [-0.1, -0.05) is 12.1 Å². The number of imide groups is 1. The minimum atomic E-state index is -0.438. The average Bonchev–Trinajstić information content (AvgIpc) is 3.06. The lowest BCUT2D eigenvalue weighted by Crippen LogP contribution is -2.46. The molecule has 0 bridgehead atoms. The fraction of sp³-hybridized carbons (Fsp3) is 0.360. The number of piperazine rings is 1. The van der Waals surface area contributed by atoms with E-state index in [2.05, 4.69) is 4.90 Å². The van der Waals surface area contributed by atoms with Crippen LogP contribution in [0.2, 0.25) is 0 Å². The van der Waals surface area contributed by atoms with Gasteiger partial charge in [-0.15, -0.1) is 0 Å². The molecule has 2 aromatic carbocycles. The van der Waals surface area contributed by atoms with E-state index in [1.165, 1.54) is 17.0 Å². The van der Waals surface area contributed by atoms with Crippen molar-refractivity contribution in [2.75, 3.05) is 51.3 Å². The SMILES string of the molecule is CCOc1ccc(N2C(=O)C(c3ccc(F)cc3)=C(N3CCN(C)CC3)C2=O)cc1OCC. The molecule has 2 amide bonds. The maximum Gasteiger partial charge on any atom is 0.282 e. The van der Waals surface area contributed by atoms with Gasteiger partial charge in [-0.2, -0.15) is 0 Å². The van der Waals surface area contributed by atoms with Crippen LogP contribution in [0.4, 0.5) is 10.1 Å². The number of carbonyl (C=O) groups excluding carboxylic acids is 2. The van der Waals surface area contributed by atoms with Gasteiger partial charge in [-0.25, -0.2) is 9.29 Å². The van der Waals surface area contributed by atoms with Gasteiger partial charge < -0.3 is 19.3 Å². The topological polar surface area (TPSA) is 62.3 Å². The Labute approximate surface area is 193 Å². The van der Waals surface area contributed by atoms with Crippen LogP contribution < -0.4 is 14.4 Å². The number of benzene rings is 2. The third-order valence-electron chi connectivity index (χ3n) is 5.80. The Kier molecular flexibility index (Phi) is 6.65. The van der Waals surface area contributed by atoms with Gasteiger partial charge in [-0.05, 0) is 50.7 Å². The summed E-state index contributed by atoms with van der Waals surface area (Å²) in [5.41, 5.74) is 1.56. The predicted octanol–water partition coefficient (Wildman–Crippen LogP) is 3.16. The zero-order valence-corrected chi connectivity index (χ0v) is 19.1. The summed E-state index contributed by atoms with van der Waals surface area (Å²) >= 11 is 0. The fourth-order valence-corrected chi connectivity index (χ4v) is 4.13. The average molecular weight is 454 g/mol. The van der Waals surface area contributed by atoms with E-state index in [-0.39, 0.29) is 5.57 Å². The molecule has 0 atom stereocenters. The van der Waals surface area contributed by atoms with Crippen LogP contribution in [0.1, 0.15) is 19.4 Å². The van der Waals surface area contributed by atoms with Gasteiger partial charge in [-0.3, -0.25) is 9.59 Å². The van der Waals surface area contributed by atoms with Gasteiger partial charge in [0.1, 0.15) is 11.5 Å². The minimum Gasteiger partial charge on any atom is -0.490 e. The third kappa shape index (κ3) is 4.43. The van der Waals surface area contributed by atoms with Crippen molar-refractivity contribution in [1.29, 1.82) is 0 Å². The van der Waals surface area contributed by atoms with Crippen molar-refractivity contribution in [3.05, 3.63) is 59.5 Å². The van der Waals surface area contributed by atoms with Gasteiger partial charge in [0.15, 0.2) is 11.5 Å². The number of amides is 2. The molecule has 2 aliphatic rings. The fourth-order valence-electron chi connectivity index (χ4n) is 4.13. The molecule has 2 heterocycles. The number of nitrogens with zero attached hydrogens (tertiary/aromatic N) is 3. The van der Waals surface area contributed by atoms with Crippen molar-refractivity contribution in [1.82, 2.24) is 9.80 Å². The summed E-state index contributed by atoms with van der Waals surface area (Å²) in [5.74, 6) is -0.216. The van der Waals surface area contributed by atoms with Gasteiger partial charge in [0.05, 0.1) is 24.5 Å². The molecule has 0 aliphatic carbocycles. The quantitative estimate of drug-likeness (QED) is 0.601. The standard InChI is InChI=1S/C25H28FN3O4/c1-4-32-20-11-10-19(16-21(20)33-5-2)29-24(30)22(17-6-8-18(26)9-7-17)23(25(29)31)28-14-12-27(3)13-15-28/h6-11,16H,4-5,12-15H2,1-3H3. The van der Waals surface area contributed by atoms with Gasteiger partial charge >= 0.3 is 0 Å². The zero-order chi connectivity index (χ0) is 23.5. The Morgan fingerprint density at radius 2 is 1.48 bits per heavy atom. The molecule has 0 radical (unpaired) electrons. The highest BCUT2D eigenvalue weighted by molar-refractivity contribution is 6.45. The molecule has 4 rings (SSSR count). The maximum atomic E-state index is 13.7. The Bertz CT molecular complexity index is 1080. The van der Waals surface area contributed by atoms with Crippen LogP contribution in [-0.4, -0.2) is 68.1 Å². The molecule has 7 nitrogen and oxygen atoms in total. The first-order chi connectivity index (χ1) is 15.9. The second-order valence-corrected chi connectivity index (χ2v) is 7.96. The Morgan fingerprint density at radius 3 is 2.12 bits per heavy atom. The van der Waals surface area contributed by atoms with Crippen molar-refractivity contribution in [2.24, 2.45) is 0 Å². The highest BCUT2D eigenvalue weighted by atomic mass is 19.1. The Balaban J connectivity index is 1.77. The van der Waals surface area contributed by atoms with E-state index < -0.39 is 17.6 Å². The van der Waals surface area contributed by atoms with E-state index in [9.17, 15) is 14.0 Å². The third-order valence-corrected chi connectivity index (χ3v) is 5.80. The number of hydrogen-bond acceptors (Lipinski definition) is 6. The van der Waals surface area contributed by atoms with E-state index in [1.807, 2.05) is 25.8 Å². The highest BCUT2D eigenvalue weighted by Crippen LogP contribution is 2.38. The number of anilines is 1. The van der Waals surface area contributed by atoms with Gasteiger partial charge in [0.25, 0.3) is 11.8 Å². The monoisotopic (exact) mass is 453 g/mol. The summed E-state index contributed by atoms with van der Waals surface area (Å²) in [4.78, 5) is 32.6. The summed E-state index contributed by atoms with van der Waals surface area (Å²) in [6.45, 7) is 7.40. The van der Waals surface area contributed by atoms with Crippen molar-refractivity contribution >= 4 is 23.1 Å². The molecule has 0 spiro atoms. The zero-order valence-electron chi connectivity index (χ0n) is 19.1. The summed E-state index contributed by atoms with van der Waals surface area (Å²) in [6.07, 6.45) is 0. The molecule has 8 heteroatoms. The van der Waals surface area contributed by atoms with Crippen LogP contribution in [0.15, 0.2) is 48.2 Å². The second kappa shape index (κ2) is 9.62. The summed E-state index contributed by atoms with van der Waals surface area (Å²) < 4.78 is 24.9. The molecule has 2 aliphatic heterocycles. The van der Waals surface area contributed by atoms with Crippen LogP contribution in [0.25, 0.3) is 5.57 Å². The number of carbonyl (C=O) groups is 2. The van der Waals surface area contributed by atoms with Crippen LogP contribution in [0.5, 0.6) is 11.5 Å². The number of halogens is 1. The first-order valence-corrected chi connectivity index (χ1v) is 11.2. The van der Waals surface area contributed by atoms with E-state index in [0.717, 1.165) is 13.1 Å². The Morgan fingerprint density at radius 1 is 0.848 bits per heavy atom. The van der Waals surface area contributed by atoms with Crippen molar-refractivity contribution < 1.29 is 23.5 Å². The molecule has 174 valence electrons. The van der Waals surface area contributed by atoms with E-state index in [1.54, 1.807) is 30.3 Å². The van der Waals surface area contributed by atoms with E-state index in [0.29, 0.717) is 54.8 Å². The Hall–Kier alpha value is -3.39. The molecular formula is C25H28FN3O4. The number of hydrogen-bond donors (Lipinski definition) is 0. The lowest BCUT2D eigenvalue weighted by molar-refractivity contribution is -0.120. The lowest BCUT2D eigenvalue weighted by atomic mass is 10.0. The van der Waals surface area contributed by atoms with Crippen molar-refractivity contribution in [3.8, 4) is 11.5 Å². The molecule has 0 saturated carbocycles. The van der Waals surface area contributed by atoms with Crippen LogP contribution in [-0.2, 0) is 9.59 Å². The first kappa shape index (κ1) is 22.8. The number of likely N-dealkylation sites (N-methyl/N-ethyl adjacent to an activating group) is 1. The maximum absolute atomic E-state index is 13.7. The lowest BCUT2D eigenvalue weighted by Gasteiger charge is -2.34. The smallest absolute Gasteiger partial charge is 0.282 e. The molecule has 2 aromatic rings. The summed E-state index contributed by atoms with van der Waals surface area (Å²) in [6, 6.07) is 10.7. The number of ether oxygens (including phenoxy) is 2. The molecule has 0 aromatic heterocycles. The second-order valence-electron chi connectivity index (χ2n) is 7.96. The molecule has 0 unspecified atom stereocenters. The largest absolute Gasteiger partial charge is 0.490 e. The van der Waals surface area contributed by atoms with E-state index in [4.69, 9.17) is 9.47 Å². The summed E-state index contributed by atoms with van der Waals surface area (Å²) in [7, 11) is 2.02. The van der Waals surface area contributed by atoms with Crippen LogP contribution >= 0.6 is 0 Å². The molecule has 0 N–H and O–H groups in total. The molecule has 1 saturated heterocycles. The van der Waals surface area contributed by atoms with Crippen molar-refractivity contribution in [3.63, 3.8) is 0 Å². The normalized spacial score (nSPS) is 17.2. The summed E-state index contributed by atoms with van der Waals surface area (Å²) in [5, 5.41) is 0. The van der Waals surface area contributed by atoms with Gasteiger partial charge in [0.2, 0.25) is 0 Å². The van der Waals surface area contributed by atoms with E-state index >= 15 is 0 Å².